The molecule has 8 heteroatoms. The molecule has 0 fully saturated rings. The van der Waals surface area contributed by atoms with Crippen molar-refractivity contribution in [2.24, 2.45) is 0 Å². The second-order valence-electron chi connectivity index (χ2n) is 6.21. The maximum Gasteiger partial charge on any atom is 0.336 e. The molecule has 0 spiro atoms. The molecular formula is C21H18FNO6. The van der Waals surface area contributed by atoms with Gasteiger partial charge in [0.2, 0.25) is 0 Å². The number of hydrogen-bond acceptors (Lipinski definition) is 6. The highest BCUT2D eigenvalue weighted by molar-refractivity contribution is 5.97. The van der Waals surface area contributed by atoms with Crippen molar-refractivity contribution in [2.75, 3.05) is 14.2 Å². The summed E-state index contributed by atoms with van der Waals surface area (Å²) in [4.78, 5) is 36.6. The van der Waals surface area contributed by atoms with E-state index in [1.165, 1.54) is 32.4 Å². The summed E-state index contributed by atoms with van der Waals surface area (Å²) in [5.41, 5.74) is 0.366. The zero-order valence-electron chi connectivity index (χ0n) is 15.7. The molecule has 29 heavy (non-hydrogen) atoms. The molecule has 0 saturated heterocycles. The Morgan fingerprint density at radius 3 is 2.48 bits per heavy atom. The lowest BCUT2D eigenvalue weighted by molar-refractivity contribution is -0.142. The summed E-state index contributed by atoms with van der Waals surface area (Å²) in [6.07, 6.45) is -0.00592. The fraction of sp³-hybridized carbons (Fsp3) is 0.190. The van der Waals surface area contributed by atoms with Crippen LogP contribution in [0.25, 0.3) is 11.0 Å². The minimum absolute atomic E-state index is 0.00592. The Hall–Kier alpha value is -3.68. The van der Waals surface area contributed by atoms with Gasteiger partial charge in [0.05, 0.1) is 14.2 Å². The van der Waals surface area contributed by atoms with Crippen LogP contribution >= 0.6 is 0 Å². The standard InChI is InChI=1S/C21H18FNO6/c1-27-15-7-8-16-13(10-19(24)29-18(16)11-15)9-17(21(26)28-2)23-20(25)12-3-5-14(22)6-4-12/h3-8,10-11,17H,9H2,1-2H3,(H,23,25)/t17-/m1/s1. The molecule has 150 valence electrons. The number of rotatable bonds is 6. The van der Waals surface area contributed by atoms with Crippen molar-refractivity contribution in [1.29, 1.82) is 0 Å². The molecule has 0 aliphatic heterocycles. The van der Waals surface area contributed by atoms with Crippen molar-refractivity contribution in [3.8, 4) is 5.75 Å². The smallest absolute Gasteiger partial charge is 0.336 e. The second kappa shape index (κ2) is 8.55. The van der Waals surface area contributed by atoms with Gasteiger partial charge in [-0.15, -0.1) is 0 Å². The minimum Gasteiger partial charge on any atom is -0.497 e. The van der Waals surface area contributed by atoms with E-state index in [-0.39, 0.29) is 12.0 Å². The predicted octanol–water partition coefficient (Wildman–Crippen LogP) is 2.45. The third-order valence-corrected chi connectivity index (χ3v) is 4.36. The van der Waals surface area contributed by atoms with Gasteiger partial charge in [-0.2, -0.15) is 0 Å². The van der Waals surface area contributed by atoms with Crippen molar-refractivity contribution in [1.82, 2.24) is 5.32 Å². The number of benzene rings is 2. The van der Waals surface area contributed by atoms with Gasteiger partial charge in [-0.1, -0.05) is 0 Å². The fourth-order valence-electron chi connectivity index (χ4n) is 2.90. The Balaban J connectivity index is 1.92. The van der Waals surface area contributed by atoms with Gasteiger partial charge in [-0.3, -0.25) is 4.79 Å². The van der Waals surface area contributed by atoms with Crippen molar-refractivity contribution in [3.63, 3.8) is 0 Å². The van der Waals surface area contributed by atoms with E-state index in [2.05, 4.69) is 5.32 Å². The first-order valence-corrected chi connectivity index (χ1v) is 8.66. The first-order chi connectivity index (χ1) is 13.9. The molecule has 1 aromatic heterocycles. The molecule has 3 rings (SSSR count). The van der Waals surface area contributed by atoms with E-state index in [0.717, 1.165) is 12.1 Å². The van der Waals surface area contributed by atoms with Crippen LogP contribution < -0.4 is 15.7 Å². The lowest BCUT2D eigenvalue weighted by atomic mass is 10.0. The van der Waals surface area contributed by atoms with Crippen LogP contribution in [-0.2, 0) is 16.0 Å². The minimum atomic E-state index is -1.07. The highest BCUT2D eigenvalue weighted by Gasteiger charge is 2.24. The van der Waals surface area contributed by atoms with Crippen LogP contribution in [0.2, 0.25) is 0 Å². The van der Waals surface area contributed by atoms with Gasteiger partial charge in [0, 0.05) is 29.5 Å². The summed E-state index contributed by atoms with van der Waals surface area (Å²) in [6.45, 7) is 0. The summed E-state index contributed by atoms with van der Waals surface area (Å²) in [5.74, 6) is -1.24. The molecule has 0 bridgehead atoms. The highest BCUT2D eigenvalue weighted by atomic mass is 19.1. The molecule has 1 N–H and O–H groups in total. The van der Waals surface area contributed by atoms with Crippen LogP contribution in [0.1, 0.15) is 15.9 Å². The number of amides is 1. The number of carbonyl (C=O) groups excluding carboxylic acids is 2. The van der Waals surface area contributed by atoms with E-state index < -0.39 is 29.4 Å². The summed E-state index contributed by atoms with van der Waals surface area (Å²) in [5, 5.41) is 3.16. The topological polar surface area (TPSA) is 94.8 Å². The Morgan fingerprint density at radius 1 is 1.10 bits per heavy atom. The molecule has 0 unspecified atom stereocenters. The number of ether oxygens (including phenoxy) is 2. The van der Waals surface area contributed by atoms with Gasteiger partial charge in [0.1, 0.15) is 23.2 Å². The fourth-order valence-corrected chi connectivity index (χ4v) is 2.90. The molecule has 1 amide bonds. The number of carbonyl (C=O) groups is 2. The highest BCUT2D eigenvalue weighted by Crippen LogP contribution is 2.23. The number of hydrogen-bond donors (Lipinski definition) is 1. The normalized spacial score (nSPS) is 11.7. The Kier molecular flexibility index (Phi) is 5.92. The summed E-state index contributed by atoms with van der Waals surface area (Å²) < 4.78 is 28.2. The number of fused-ring (bicyclic) bond motifs is 1. The van der Waals surface area contributed by atoms with E-state index in [0.29, 0.717) is 22.3 Å². The van der Waals surface area contributed by atoms with Crippen molar-refractivity contribution < 1.29 is 27.9 Å². The summed E-state index contributed by atoms with van der Waals surface area (Å²) >= 11 is 0. The molecule has 7 nitrogen and oxygen atoms in total. The number of halogens is 1. The number of methoxy groups -OCH3 is 2. The van der Waals surface area contributed by atoms with E-state index in [9.17, 15) is 18.8 Å². The lowest BCUT2D eigenvalue weighted by Gasteiger charge is -2.17. The van der Waals surface area contributed by atoms with Gasteiger partial charge in [-0.05, 0) is 42.0 Å². The van der Waals surface area contributed by atoms with Gasteiger partial charge in [0.15, 0.2) is 0 Å². The first kappa shape index (κ1) is 20.1. The lowest BCUT2D eigenvalue weighted by Crippen LogP contribution is -2.43. The van der Waals surface area contributed by atoms with E-state index in [1.54, 1.807) is 18.2 Å². The largest absolute Gasteiger partial charge is 0.497 e. The van der Waals surface area contributed by atoms with Crippen molar-refractivity contribution in [2.45, 2.75) is 12.5 Å². The third-order valence-electron chi connectivity index (χ3n) is 4.36. The van der Waals surface area contributed by atoms with Gasteiger partial charge in [0.25, 0.3) is 5.91 Å². The zero-order chi connectivity index (χ0) is 21.0. The molecule has 0 aliphatic carbocycles. The van der Waals surface area contributed by atoms with Crippen LogP contribution in [0.3, 0.4) is 0 Å². The molecule has 1 heterocycles. The molecule has 1 atom stereocenters. The molecule has 2 aromatic carbocycles. The van der Waals surface area contributed by atoms with Crippen LogP contribution in [0.5, 0.6) is 5.75 Å². The molecule has 3 aromatic rings. The maximum absolute atomic E-state index is 13.1. The van der Waals surface area contributed by atoms with Crippen LogP contribution in [0.4, 0.5) is 4.39 Å². The maximum atomic E-state index is 13.1. The van der Waals surface area contributed by atoms with Crippen LogP contribution in [-0.4, -0.2) is 32.1 Å². The summed E-state index contributed by atoms with van der Waals surface area (Å²) in [6, 6.07) is 10.0. The quantitative estimate of drug-likeness (QED) is 0.505. The third kappa shape index (κ3) is 4.60. The van der Waals surface area contributed by atoms with Crippen molar-refractivity contribution in [3.05, 3.63) is 75.9 Å². The summed E-state index contributed by atoms with van der Waals surface area (Å²) in [7, 11) is 2.68. The average Bonchev–Trinajstić information content (AvgIpc) is 2.72. The second-order valence-corrected chi connectivity index (χ2v) is 6.21. The number of nitrogens with one attached hydrogen (secondary N) is 1. The van der Waals surface area contributed by atoms with E-state index in [1.807, 2.05) is 0 Å². The van der Waals surface area contributed by atoms with E-state index >= 15 is 0 Å². The predicted molar refractivity (Wildman–Crippen MR) is 102 cm³/mol. The molecule has 0 saturated carbocycles. The Bertz CT molecular complexity index is 1110. The van der Waals surface area contributed by atoms with E-state index in [4.69, 9.17) is 13.9 Å². The van der Waals surface area contributed by atoms with Gasteiger partial charge >= 0.3 is 11.6 Å². The monoisotopic (exact) mass is 399 g/mol. The first-order valence-electron chi connectivity index (χ1n) is 8.66. The average molecular weight is 399 g/mol. The Morgan fingerprint density at radius 2 is 1.83 bits per heavy atom. The molecule has 0 radical (unpaired) electrons. The molecular weight excluding hydrogens is 381 g/mol. The Labute approximate surface area is 165 Å². The van der Waals surface area contributed by atoms with Gasteiger partial charge in [-0.25, -0.2) is 14.0 Å². The van der Waals surface area contributed by atoms with Crippen LogP contribution in [0.15, 0.2) is 57.7 Å². The number of esters is 1. The zero-order valence-corrected chi connectivity index (χ0v) is 15.7. The SMILES string of the molecule is COC(=O)[C@@H](Cc1cc(=O)oc2cc(OC)ccc12)NC(=O)c1ccc(F)cc1. The molecule has 0 aliphatic rings. The van der Waals surface area contributed by atoms with Gasteiger partial charge < -0.3 is 19.2 Å². The van der Waals surface area contributed by atoms with Crippen LogP contribution in [0, 0.1) is 5.82 Å². The van der Waals surface area contributed by atoms with Crippen molar-refractivity contribution >= 4 is 22.8 Å².